The van der Waals surface area contributed by atoms with E-state index in [9.17, 15) is 21.9 Å². The molecule has 0 unspecified atom stereocenters. The Morgan fingerprint density at radius 3 is 2.00 bits per heavy atom. The fourth-order valence-electron chi connectivity index (χ4n) is 1.46. The molecular weight excluding hydrogens is 296 g/mol. The van der Waals surface area contributed by atoms with Gasteiger partial charge in [-0.3, -0.25) is 9.11 Å². The number of phenols is 1. The molecule has 0 aliphatic carbocycles. The Morgan fingerprint density at radius 1 is 0.947 bits per heavy atom. The van der Waals surface area contributed by atoms with E-state index >= 15 is 0 Å². The predicted molar refractivity (Wildman–Crippen MR) is 62.9 cm³/mol. The van der Waals surface area contributed by atoms with Crippen molar-refractivity contribution in [2.24, 2.45) is 0 Å². The highest BCUT2D eigenvalue weighted by molar-refractivity contribution is 7.86. The number of fused-ring (bicyclic) bond motifs is 1. The van der Waals surface area contributed by atoms with Gasteiger partial charge in [0.05, 0.1) is 6.07 Å². The Kier molecular flexibility index (Phi) is 3.01. The average Bonchev–Trinajstić information content (AvgIpc) is 2.25. The summed E-state index contributed by atoms with van der Waals surface area (Å²) in [7, 11) is -9.12. The fourth-order valence-corrected chi connectivity index (χ4v) is 2.45. The Labute approximate surface area is 108 Å². The molecule has 0 fully saturated rings. The first-order chi connectivity index (χ1) is 8.59. The van der Waals surface area contributed by atoms with Crippen LogP contribution in [0.15, 0.2) is 28.0 Å². The number of rotatable bonds is 2. The second-order valence-corrected chi connectivity index (χ2v) is 6.38. The lowest BCUT2D eigenvalue weighted by Crippen LogP contribution is -2.00. The minimum Gasteiger partial charge on any atom is -0.507 e. The molecule has 0 bridgehead atoms. The summed E-state index contributed by atoms with van der Waals surface area (Å²) in [5, 5.41) is 9.60. The summed E-state index contributed by atoms with van der Waals surface area (Å²) >= 11 is 0. The highest BCUT2D eigenvalue weighted by atomic mass is 32.2. The van der Waals surface area contributed by atoms with Crippen LogP contribution in [-0.2, 0) is 20.2 Å². The zero-order valence-electron chi connectivity index (χ0n) is 9.02. The van der Waals surface area contributed by atoms with Gasteiger partial charge in [-0.15, -0.1) is 0 Å². The minimum absolute atomic E-state index is 0.0183. The van der Waals surface area contributed by atoms with Crippen LogP contribution in [0.1, 0.15) is 0 Å². The van der Waals surface area contributed by atoms with E-state index in [1.165, 1.54) is 0 Å². The molecule has 0 aliphatic rings. The summed E-state index contributed by atoms with van der Waals surface area (Å²) in [5.41, 5.74) is 0. The first-order valence-electron chi connectivity index (χ1n) is 4.65. The lowest BCUT2D eigenvalue weighted by atomic mass is 10.1. The van der Waals surface area contributed by atoms with Gasteiger partial charge < -0.3 is 5.11 Å². The van der Waals surface area contributed by atoms with Crippen LogP contribution in [0.5, 0.6) is 5.75 Å². The van der Waals surface area contributed by atoms with E-state index < -0.39 is 35.8 Å². The zero-order valence-corrected chi connectivity index (χ0v) is 10.7. The van der Waals surface area contributed by atoms with Crippen molar-refractivity contribution in [2.45, 2.75) is 9.79 Å². The third kappa shape index (κ3) is 2.68. The van der Waals surface area contributed by atoms with Crippen molar-refractivity contribution in [2.75, 3.05) is 0 Å². The van der Waals surface area contributed by atoms with Crippen molar-refractivity contribution in [1.29, 1.82) is 0 Å². The van der Waals surface area contributed by atoms with Crippen LogP contribution in [0.3, 0.4) is 0 Å². The molecule has 2 aromatic carbocycles. The lowest BCUT2D eigenvalue weighted by Gasteiger charge is -2.05. The summed E-state index contributed by atoms with van der Waals surface area (Å²) < 4.78 is 61.5. The van der Waals surface area contributed by atoms with Gasteiger partial charge in [0.25, 0.3) is 20.2 Å². The number of benzene rings is 2. The Bertz CT molecular complexity index is 861. The molecule has 0 atom stereocenters. The summed E-state index contributed by atoms with van der Waals surface area (Å²) in [4.78, 5) is -1.31. The molecule has 3 N–H and O–H groups in total. The molecule has 0 heterocycles. The van der Waals surface area contributed by atoms with Gasteiger partial charge >= 0.3 is 0 Å². The third-order valence-corrected chi connectivity index (χ3v) is 3.86. The number of phenolic OH excluding ortho intramolecular Hbond substituents is 1. The summed E-state index contributed by atoms with van der Waals surface area (Å²) in [6.07, 6.45) is 0. The van der Waals surface area contributed by atoms with E-state index in [-0.39, 0.29) is 10.8 Å². The molecule has 2 aromatic rings. The van der Waals surface area contributed by atoms with Crippen molar-refractivity contribution in [3.05, 3.63) is 30.3 Å². The summed E-state index contributed by atoms with van der Waals surface area (Å²) in [6.45, 7) is 0. The van der Waals surface area contributed by atoms with Crippen LogP contribution < -0.4 is 0 Å². The van der Waals surface area contributed by atoms with E-state index in [1.807, 2.05) is 6.07 Å². The molecule has 100 valence electrons. The second-order valence-electron chi connectivity index (χ2n) is 3.60. The van der Waals surface area contributed by atoms with E-state index in [4.69, 9.17) is 9.11 Å². The maximum absolute atomic E-state index is 10.9. The topological polar surface area (TPSA) is 129 Å². The van der Waals surface area contributed by atoms with Crippen molar-refractivity contribution < 1.29 is 31.0 Å². The molecule has 0 spiro atoms. The van der Waals surface area contributed by atoms with E-state index in [0.29, 0.717) is 0 Å². The maximum atomic E-state index is 10.9. The molecule has 0 aromatic heterocycles. The van der Waals surface area contributed by atoms with Crippen LogP contribution in [0, 0.1) is 12.1 Å². The molecule has 2 radical (unpaired) electrons. The average molecular weight is 302 g/mol. The highest BCUT2D eigenvalue weighted by Gasteiger charge is 2.16. The minimum atomic E-state index is -4.60. The number of hydrogen-bond donors (Lipinski definition) is 3. The Balaban J connectivity index is 2.85. The Hall–Kier alpha value is -1.68. The van der Waals surface area contributed by atoms with E-state index in [0.717, 1.165) is 18.2 Å². The third-order valence-electron chi connectivity index (χ3n) is 2.30. The molecule has 7 nitrogen and oxygen atoms in total. The van der Waals surface area contributed by atoms with Gasteiger partial charge in [-0.05, 0) is 23.6 Å². The van der Waals surface area contributed by atoms with Crippen LogP contribution >= 0.6 is 0 Å². The van der Waals surface area contributed by atoms with Crippen molar-refractivity contribution in [3.63, 3.8) is 0 Å². The molecule has 0 saturated carbocycles. The SMILES string of the molecule is O=S(=O)(O)c1[c]cc2c(O)[c]c(S(=O)(=O)O)cc2c1. The Morgan fingerprint density at radius 2 is 1.47 bits per heavy atom. The quantitative estimate of drug-likeness (QED) is 0.694. The number of aromatic hydroxyl groups is 1. The first-order valence-corrected chi connectivity index (χ1v) is 7.53. The molecule has 0 saturated heterocycles. The van der Waals surface area contributed by atoms with Gasteiger partial charge in [0.1, 0.15) is 15.5 Å². The molecule has 9 heteroatoms. The second kappa shape index (κ2) is 4.17. The van der Waals surface area contributed by atoms with E-state index in [1.54, 1.807) is 0 Å². The van der Waals surface area contributed by atoms with Crippen LogP contribution in [-0.4, -0.2) is 31.0 Å². The summed E-state index contributed by atoms with van der Waals surface area (Å²) in [5.74, 6) is -0.594. The normalized spacial score (nSPS) is 12.7. The van der Waals surface area contributed by atoms with Gasteiger partial charge in [0.15, 0.2) is 0 Å². The molecule has 19 heavy (non-hydrogen) atoms. The smallest absolute Gasteiger partial charge is 0.295 e. The molecular formula is C10H6O7S2. The van der Waals surface area contributed by atoms with Gasteiger partial charge in [-0.25, -0.2) is 0 Å². The van der Waals surface area contributed by atoms with Crippen molar-refractivity contribution >= 4 is 31.0 Å². The lowest BCUT2D eigenvalue weighted by molar-refractivity contribution is 0.469. The molecule has 2 rings (SSSR count). The van der Waals surface area contributed by atoms with Gasteiger partial charge in [0.2, 0.25) is 0 Å². The van der Waals surface area contributed by atoms with Gasteiger partial charge in [-0.2, -0.15) is 16.8 Å². The van der Waals surface area contributed by atoms with Crippen LogP contribution in [0.4, 0.5) is 0 Å². The fraction of sp³-hybridized carbons (Fsp3) is 0. The molecule has 0 aliphatic heterocycles. The number of hydrogen-bond acceptors (Lipinski definition) is 5. The first kappa shape index (κ1) is 13.7. The zero-order chi connectivity index (χ0) is 14.4. The standard InChI is InChI=1S/C10H6O7S2/c11-10-5-8(19(15,16)17)4-6-3-7(18(12,13)14)1-2-9(6)10/h2-4,11H,(H,12,13,14)(H,15,16,17). The monoisotopic (exact) mass is 302 g/mol. The predicted octanol–water partition coefficient (Wildman–Crippen LogP) is 0.639. The molecule has 0 amide bonds. The van der Waals surface area contributed by atoms with Crippen molar-refractivity contribution in [1.82, 2.24) is 0 Å². The van der Waals surface area contributed by atoms with Crippen LogP contribution in [0.25, 0.3) is 10.8 Å². The summed E-state index contributed by atoms with van der Waals surface area (Å²) in [6, 6.07) is 7.13. The van der Waals surface area contributed by atoms with Crippen molar-refractivity contribution in [3.8, 4) is 5.75 Å². The maximum Gasteiger partial charge on any atom is 0.295 e. The van der Waals surface area contributed by atoms with Crippen LogP contribution in [0.2, 0.25) is 0 Å². The highest BCUT2D eigenvalue weighted by Crippen LogP contribution is 2.29. The van der Waals surface area contributed by atoms with E-state index in [2.05, 4.69) is 6.07 Å². The van der Waals surface area contributed by atoms with Gasteiger partial charge in [0, 0.05) is 11.5 Å². The van der Waals surface area contributed by atoms with Gasteiger partial charge in [-0.1, -0.05) is 0 Å². The largest absolute Gasteiger partial charge is 0.507 e.